The largest absolute Gasteiger partial charge is 0.393 e. The van der Waals surface area contributed by atoms with E-state index >= 15 is 0 Å². The number of aromatic nitrogens is 2. The van der Waals surface area contributed by atoms with Crippen LogP contribution in [-0.2, 0) is 0 Å². The summed E-state index contributed by atoms with van der Waals surface area (Å²) in [5.41, 5.74) is 11.5. The van der Waals surface area contributed by atoms with Gasteiger partial charge in [0.25, 0.3) is 5.91 Å². The van der Waals surface area contributed by atoms with Gasteiger partial charge in [0.15, 0.2) is 11.6 Å². The number of nitrogens with zero attached hydrogens (tertiary/aromatic N) is 5. The Balaban J connectivity index is 2.12. The number of nitriles is 2. The number of carbonyl (C=O) groups excluding carboxylic acids is 1. The molecule has 0 fully saturated rings. The number of hydrogen-bond acceptors (Lipinski definition) is 8. The zero-order chi connectivity index (χ0) is 19.6. The van der Waals surface area contributed by atoms with E-state index in [1.54, 1.807) is 4.90 Å². The van der Waals surface area contributed by atoms with Crippen LogP contribution in [0.3, 0.4) is 0 Å². The van der Waals surface area contributed by atoms with Crippen molar-refractivity contribution in [1.29, 1.82) is 10.5 Å². The Hall–Kier alpha value is -3.92. The standard InChI is InChI=1S/C17H17FN8O/c18-13-5-3-12(4-6-13)17(27)25-24-15-14(21)16(23-11-22-15)26(9-1-7-19)10-2-8-20/h3-6,11H,1-2,9-10,21H2,(H,25,27)(H,22,23,24). The number of carbonyl (C=O) groups is 1. The molecular formula is C17H17FN8O. The highest BCUT2D eigenvalue weighted by Crippen LogP contribution is 2.26. The quantitative estimate of drug-likeness (QED) is 0.596. The fourth-order valence-corrected chi connectivity index (χ4v) is 2.22. The smallest absolute Gasteiger partial charge is 0.269 e. The summed E-state index contributed by atoms with van der Waals surface area (Å²) in [7, 11) is 0. The maximum Gasteiger partial charge on any atom is 0.269 e. The van der Waals surface area contributed by atoms with Crippen LogP contribution >= 0.6 is 0 Å². The molecule has 27 heavy (non-hydrogen) atoms. The van der Waals surface area contributed by atoms with Crippen molar-refractivity contribution in [2.75, 3.05) is 29.1 Å². The molecule has 10 heteroatoms. The van der Waals surface area contributed by atoms with Crippen LogP contribution in [-0.4, -0.2) is 29.0 Å². The van der Waals surface area contributed by atoms with Gasteiger partial charge in [0.1, 0.15) is 17.8 Å². The summed E-state index contributed by atoms with van der Waals surface area (Å²) in [4.78, 5) is 21.9. The van der Waals surface area contributed by atoms with Gasteiger partial charge in [-0.25, -0.2) is 14.4 Å². The van der Waals surface area contributed by atoms with E-state index in [4.69, 9.17) is 16.3 Å². The van der Waals surface area contributed by atoms with Crippen LogP contribution in [0.2, 0.25) is 0 Å². The molecule has 9 nitrogen and oxygen atoms in total. The van der Waals surface area contributed by atoms with Gasteiger partial charge in [-0.05, 0) is 24.3 Å². The third kappa shape index (κ3) is 5.28. The molecule has 2 aromatic rings. The van der Waals surface area contributed by atoms with Gasteiger partial charge in [0.05, 0.1) is 25.0 Å². The van der Waals surface area contributed by atoms with Crippen LogP contribution in [0.15, 0.2) is 30.6 Å². The fourth-order valence-electron chi connectivity index (χ4n) is 2.22. The Labute approximate surface area is 155 Å². The van der Waals surface area contributed by atoms with Crippen molar-refractivity contribution < 1.29 is 9.18 Å². The molecule has 1 amide bonds. The number of hydrogen-bond donors (Lipinski definition) is 3. The lowest BCUT2D eigenvalue weighted by atomic mass is 10.2. The van der Waals surface area contributed by atoms with Crippen molar-refractivity contribution in [2.45, 2.75) is 12.8 Å². The third-order valence-electron chi connectivity index (χ3n) is 3.55. The van der Waals surface area contributed by atoms with E-state index in [1.807, 2.05) is 12.1 Å². The molecule has 0 radical (unpaired) electrons. The van der Waals surface area contributed by atoms with E-state index in [-0.39, 0.29) is 29.9 Å². The lowest BCUT2D eigenvalue weighted by Crippen LogP contribution is -2.31. The first-order valence-electron chi connectivity index (χ1n) is 7.98. The van der Waals surface area contributed by atoms with Gasteiger partial charge in [0.2, 0.25) is 0 Å². The van der Waals surface area contributed by atoms with E-state index in [1.165, 1.54) is 30.6 Å². The maximum absolute atomic E-state index is 12.9. The molecule has 0 unspecified atom stereocenters. The van der Waals surface area contributed by atoms with E-state index in [0.717, 1.165) is 0 Å². The SMILES string of the molecule is N#CCCN(CCC#N)c1ncnc(NNC(=O)c2ccc(F)cc2)c1N. The van der Waals surface area contributed by atoms with Crippen molar-refractivity contribution in [3.8, 4) is 12.1 Å². The minimum absolute atomic E-state index is 0.160. The van der Waals surface area contributed by atoms with Gasteiger partial charge in [0, 0.05) is 18.7 Å². The Kier molecular flexibility index (Phi) is 6.85. The molecule has 0 saturated heterocycles. The summed E-state index contributed by atoms with van der Waals surface area (Å²) < 4.78 is 12.9. The first kappa shape index (κ1) is 19.4. The molecule has 0 atom stereocenters. The van der Waals surface area contributed by atoms with Gasteiger partial charge in [-0.15, -0.1) is 0 Å². The van der Waals surface area contributed by atoms with Gasteiger partial charge in [-0.1, -0.05) is 0 Å². The molecule has 1 heterocycles. The second-order valence-corrected chi connectivity index (χ2v) is 5.35. The first-order chi connectivity index (χ1) is 13.1. The van der Waals surface area contributed by atoms with E-state index in [9.17, 15) is 9.18 Å². The van der Waals surface area contributed by atoms with Gasteiger partial charge >= 0.3 is 0 Å². The summed E-state index contributed by atoms with van der Waals surface area (Å²) in [5.74, 6) is -0.428. The molecule has 1 aromatic heterocycles. The second kappa shape index (κ2) is 9.53. The molecule has 0 aliphatic rings. The van der Waals surface area contributed by atoms with E-state index < -0.39 is 11.7 Å². The Morgan fingerprint density at radius 2 is 1.78 bits per heavy atom. The monoisotopic (exact) mass is 368 g/mol. The minimum atomic E-state index is -0.500. The number of benzene rings is 1. The Bertz CT molecular complexity index is 854. The molecule has 138 valence electrons. The maximum atomic E-state index is 12.9. The van der Waals surface area contributed by atoms with Crippen LogP contribution in [0.25, 0.3) is 0 Å². The van der Waals surface area contributed by atoms with E-state index in [0.29, 0.717) is 18.9 Å². The lowest BCUT2D eigenvalue weighted by Gasteiger charge is -2.23. The normalized spacial score (nSPS) is 9.74. The molecule has 0 saturated carbocycles. The Morgan fingerprint density at radius 1 is 1.15 bits per heavy atom. The third-order valence-corrected chi connectivity index (χ3v) is 3.55. The minimum Gasteiger partial charge on any atom is -0.393 e. The lowest BCUT2D eigenvalue weighted by molar-refractivity contribution is 0.0962. The summed E-state index contributed by atoms with van der Waals surface area (Å²) >= 11 is 0. The molecule has 0 aliphatic carbocycles. The number of rotatable bonds is 8. The van der Waals surface area contributed by atoms with E-state index in [2.05, 4.69) is 20.8 Å². The number of nitrogen functional groups attached to an aromatic ring is 1. The van der Waals surface area contributed by atoms with Crippen LogP contribution in [0.1, 0.15) is 23.2 Å². The Morgan fingerprint density at radius 3 is 2.37 bits per heavy atom. The predicted molar refractivity (Wildman–Crippen MR) is 96.6 cm³/mol. The van der Waals surface area contributed by atoms with Gasteiger partial charge in [-0.3, -0.25) is 15.6 Å². The summed E-state index contributed by atoms with van der Waals surface area (Å²) in [5, 5.41) is 17.6. The zero-order valence-electron chi connectivity index (χ0n) is 14.3. The van der Waals surface area contributed by atoms with Crippen molar-refractivity contribution in [1.82, 2.24) is 15.4 Å². The molecule has 0 bridgehead atoms. The highest BCUT2D eigenvalue weighted by molar-refractivity contribution is 5.95. The molecule has 4 N–H and O–H groups in total. The molecule has 2 rings (SSSR count). The van der Waals surface area contributed by atoms with Crippen molar-refractivity contribution in [3.63, 3.8) is 0 Å². The number of halogens is 1. The van der Waals surface area contributed by atoms with Crippen molar-refractivity contribution in [2.24, 2.45) is 0 Å². The van der Waals surface area contributed by atoms with Gasteiger partial charge < -0.3 is 10.6 Å². The molecule has 0 aliphatic heterocycles. The molecular weight excluding hydrogens is 351 g/mol. The first-order valence-corrected chi connectivity index (χ1v) is 7.98. The summed E-state index contributed by atoms with van der Waals surface area (Å²) in [6, 6.07) is 9.09. The molecule has 0 spiro atoms. The number of nitrogens with one attached hydrogen (secondary N) is 2. The number of anilines is 3. The average Bonchev–Trinajstić information content (AvgIpc) is 2.68. The summed E-state index contributed by atoms with van der Waals surface area (Å²) in [6.45, 7) is 0.696. The predicted octanol–water partition coefficient (Wildman–Crippen LogP) is 1.59. The summed E-state index contributed by atoms with van der Waals surface area (Å²) in [6.07, 6.45) is 1.72. The second-order valence-electron chi connectivity index (χ2n) is 5.35. The topological polar surface area (TPSA) is 144 Å². The fraction of sp³-hybridized carbons (Fsp3) is 0.235. The van der Waals surface area contributed by atoms with Crippen molar-refractivity contribution in [3.05, 3.63) is 42.0 Å². The molecule has 1 aromatic carbocycles. The highest BCUT2D eigenvalue weighted by Gasteiger charge is 2.15. The zero-order valence-corrected chi connectivity index (χ0v) is 14.3. The van der Waals surface area contributed by atoms with Crippen LogP contribution < -0.4 is 21.5 Å². The highest BCUT2D eigenvalue weighted by atomic mass is 19.1. The van der Waals surface area contributed by atoms with Crippen molar-refractivity contribution >= 4 is 23.2 Å². The van der Waals surface area contributed by atoms with Crippen LogP contribution in [0.5, 0.6) is 0 Å². The average molecular weight is 368 g/mol. The van der Waals surface area contributed by atoms with Crippen LogP contribution in [0.4, 0.5) is 21.7 Å². The number of amides is 1. The number of nitrogens with two attached hydrogens (primary N) is 1. The van der Waals surface area contributed by atoms with Gasteiger partial charge in [-0.2, -0.15) is 10.5 Å². The number of hydrazine groups is 1. The van der Waals surface area contributed by atoms with Crippen LogP contribution in [0, 0.1) is 28.5 Å².